The molecule has 16 heavy (non-hydrogen) atoms. The minimum atomic E-state index is -0.194. The molecule has 0 radical (unpaired) electrons. The first-order chi connectivity index (χ1) is 7.61. The second kappa shape index (κ2) is 4.02. The molecule has 0 aliphatic carbocycles. The Morgan fingerprint density at radius 1 is 1.44 bits per heavy atom. The summed E-state index contributed by atoms with van der Waals surface area (Å²) in [5, 5.41) is 5.78. The quantitative estimate of drug-likeness (QED) is 0.748. The van der Waals surface area contributed by atoms with E-state index in [4.69, 9.17) is 0 Å². The summed E-state index contributed by atoms with van der Waals surface area (Å²) >= 11 is 1.36. The van der Waals surface area contributed by atoms with Crippen LogP contribution in [-0.2, 0) is 0 Å². The monoisotopic (exact) mass is 234 g/mol. The van der Waals surface area contributed by atoms with Gasteiger partial charge in [-0.2, -0.15) is 9.78 Å². The lowest BCUT2D eigenvalue weighted by Crippen LogP contribution is -2.14. The van der Waals surface area contributed by atoms with Crippen LogP contribution in [0.25, 0.3) is 0 Å². The molecule has 2 aromatic heterocycles. The van der Waals surface area contributed by atoms with Gasteiger partial charge in [0.25, 0.3) is 5.91 Å². The second-order valence-electron chi connectivity index (χ2n) is 3.39. The number of aromatic nitrogens is 2. The van der Waals surface area contributed by atoms with Crippen molar-refractivity contribution < 1.29 is 9.59 Å². The maximum absolute atomic E-state index is 12.0. The number of carbonyl (C=O) groups excluding carboxylic acids is 2. The van der Waals surface area contributed by atoms with Gasteiger partial charge in [0.15, 0.2) is 5.78 Å². The van der Waals surface area contributed by atoms with Gasteiger partial charge >= 0.3 is 0 Å². The Morgan fingerprint density at radius 3 is 2.69 bits per heavy atom. The van der Waals surface area contributed by atoms with Crippen molar-refractivity contribution in [2.24, 2.45) is 0 Å². The molecule has 0 spiro atoms. The molecule has 4 nitrogen and oxygen atoms in total. The summed E-state index contributed by atoms with van der Waals surface area (Å²) in [7, 11) is 0. The molecule has 0 aromatic carbocycles. The lowest BCUT2D eigenvalue weighted by Gasteiger charge is -2.00. The van der Waals surface area contributed by atoms with Gasteiger partial charge in [0, 0.05) is 0 Å². The summed E-state index contributed by atoms with van der Waals surface area (Å²) in [4.78, 5) is 23.8. The van der Waals surface area contributed by atoms with E-state index in [2.05, 4.69) is 5.10 Å². The Balaban J connectivity index is 2.43. The van der Waals surface area contributed by atoms with Gasteiger partial charge in [-0.25, -0.2) is 0 Å². The van der Waals surface area contributed by atoms with Crippen LogP contribution in [0, 0.1) is 6.92 Å². The van der Waals surface area contributed by atoms with Crippen LogP contribution in [-0.4, -0.2) is 21.5 Å². The SMILES string of the molecule is CC(=O)c1cnn(C(=O)c2cccs2)c1C. The zero-order valence-electron chi connectivity index (χ0n) is 8.93. The van der Waals surface area contributed by atoms with E-state index in [0.29, 0.717) is 16.1 Å². The molecule has 0 bridgehead atoms. The van der Waals surface area contributed by atoms with Crippen LogP contribution in [0.2, 0.25) is 0 Å². The molecule has 0 saturated carbocycles. The Hall–Kier alpha value is -1.75. The predicted octanol–water partition coefficient (Wildman–Crippen LogP) is 2.14. The van der Waals surface area contributed by atoms with Crippen molar-refractivity contribution in [3.63, 3.8) is 0 Å². The van der Waals surface area contributed by atoms with E-state index in [1.807, 2.05) is 11.4 Å². The Morgan fingerprint density at radius 2 is 2.19 bits per heavy atom. The summed E-state index contributed by atoms with van der Waals surface area (Å²) in [6.07, 6.45) is 1.43. The van der Waals surface area contributed by atoms with Crippen molar-refractivity contribution in [2.75, 3.05) is 0 Å². The highest BCUT2D eigenvalue weighted by molar-refractivity contribution is 7.12. The van der Waals surface area contributed by atoms with E-state index < -0.39 is 0 Å². The van der Waals surface area contributed by atoms with E-state index in [1.54, 1.807) is 13.0 Å². The second-order valence-corrected chi connectivity index (χ2v) is 4.34. The average molecular weight is 234 g/mol. The van der Waals surface area contributed by atoms with Crippen molar-refractivity contribution in [1.82, 2.24) is 9.78 Å². The molecule has 2 heterocycles. The minimum absolute atomic E-state index is 0.0808. The smallest absolute Gasteiger partial charge is 0.288 e. The normalized spacial score (nSPS) is 10.4. The van der Waals surface area contributed by atoms with Crippen LogP contribution in [0.3, 0.4) is 0 Å². The molecular formula is C11H10N2O2S. The third-order valence-electron chi connectivity index (χ3n) is 2.31. The number of Topliss-reactive ketones (excluding diaryl/α,β-unsaturated/α-hetero) is 1. The van der Waals surface area contributed by atoms with Crippen LogP contribution < -0.4 is 0 Å². The fraction of sp³-hybridized carbons (Fsp3) is 0.182. The number of hydrogen-bond donors (Lipinski definition) is 0. The first-order valence-corrected chi connectivity index (χ1v) is 5.63. The molecule has 0 N–H and O–H groups in total. The fourth-order valence-electron chi connectivity index (χ4n) is 1.46. The predicted molar refractivity (Wildman–Crippen MR) is 61.0 cm³/mol. The lowest BCUT2D eigenvalue weighted by atomic mass is 10.2. The number of thiophene rings is 1. The van der Waals surface area contributed by atoms with Crippen molar-refractivity contribution in [2.45, 2.75) is 13.8 Å². The van der Waals surface area contributed by atoms with Crippen LogP contribution >= 0.6 is 11.3 Å². The highest BCUT2D eigenvalue weighted by atomic mass is 32.1. The number of nitrogens with zero attached hydrogens (tertiary/aromatic N) is 2. The fourth-order valence-corrected chi connectivity index (χ4v) is 2.11. The van der Waals surface area contributed by atoms with E-state index >= 15 is 0 Å². The van der Waals surface area contributed by atoms with Gasteiger partial charge < -0.3 is 0 Å². The Labute approximate surface area is 96.5 Å². The van der Waals surface area contributed by atoms with E-state index in [1.165, 1.54) is 29.1 Å². The van der Waals surface area contributed by atoms with Crippen molar-refractivity contribution >= 4 is 23.0 Å². The van der Waals surface area contributed by atoms with Crippen molar-refractivity contribution in [1.29, 1.82) is 0 Å². The molecule has 0 aliphatic rings. The Bertz CT molecular complexity index is 540. The van der Waals surface area contributed by atoms with Gasteiger partial charge in [-0.15, -0.1) is 11.3 Å². The minimum Gasteiger partial charge on any atom is -0.294 e. The summed E-state index contributed by atoms with van der Waals surface area (Å²) in [5.41, 5.74) is 1.08. The van der Waals surface area contributed by atoms with E-state index in [-0.39, 0.29) is 11.7 Å². The number of rotatable bonds is 2. The first-order valence-electron chi connectivity index (χ1n) is 4.75. The maximum Gasteiger partial charge on any atom is 0.288 e. The topological polar surface area (TPSA) is 52.0 Å². The average Bonchev–Trinajstić information content (AvgIpc) is 2.84. The van der Waals surface area contributed by atoms with Crippen LogP contribution in [0.1, 0.15) is 32.6 Å². The summed E-state index contributed by atoms with van der Waals surface area (Å²) < 4.78 is 1.27. The lowest BCUT2D eigenvalue weighted by molar-refractivity contribution is 0.0947. The van der Waals surface area contributed by atoms with Crippen LogP contribution in [0.5, 0.6) is 0 Å². The number of hydrogen-bond acceptors (Lipinski definition) is 4. The molecule has 5 heteroatoms. The molecule has 0 atom stereocenters. The standard InChI is InChI=1S/C11H10N2O2S/c1-7-9(8(2)14)6-12-13(7)11(15)10-4-3-5-16-10/h3-6H,1-2H3. The van der Waals surface area contributed by atoms with Gasteiger partial charge in [-0.1, -0.05) is 6.07 Å². The summed E-state index contributed by atoms with van der Waals surface area (Å²) in [5.74, 6) is -0.275. The number of carbonyl (C=O) groups is 2. The van der Waals surface area contributed by atoms with Gasteiger partial charge in [-0.3, -0.25) is 9.59 Å². The molecule has 0 saturated heterocycles. The zero-order chi connectivity index (χ0) is 11.7. The summed E-state index contributed by atoms with van der Waals surface area (Å²) in [6.45, 7) is 3.18. The molecule has 2 rings (SSSR count). The Kier molecular flexibility index (Phi) is 2.70. The van der Waals surface area contributed by atoms with Gasteiger partial charge in [-0.05, 0) is 25.3 Å². The third kappa shape index (κ3) is 1.69. The highest BCUT2D eigenvalue weighted by Gasteiger charge is 2.17. The highest BCUT2D eigenvalue weighted by Crippen LogP contribution is 2.14. The van der Waals surface area contributed by atoms with Crippen molar-refractivity contribution in [3.8, 4) is 0 Å². The third-order valence-corrected chi connectivity index (χ3v) is 3.17. The number of ketones is 1. The molecular weight excluding hydrogens is 224 g/mol. The van der Waals surface area contributed by atoms with Gasteiger partial charge in [0.05, 0.1) is 22.3 Å². The molecule has 0 unspecified atom stereocenters. The zero-order valence-corrected chi connectivity index (χ0v) is 9.75. The molecule has 0 fully saturated rings. The molecule has 0 aliphatic heterocycles. The molecule has 82 valence electrons. The summed E-state index contributed by atoms with van der Waals surface area (Å²) in [6, 6.07) is 3.55. The van der Waals surface area contributed by atoms with E-state index in [0.717, 1.165) is 0 Å². The van der Waals surface area contributed by atoms with E-state index in [9.17, 15) is 9.59 Å². The van der Waals surface area contributed by atoms with Crippen molar-refractivity contribution in [3.05, 3.63) is 39.8 Å². The molecule has 2 aromatic rings. The van der Waals surface area contributed by atoms with Crippen LogP contribution in [0.4, 0.5) is 0 Å². The van der Waals surface area contributed by atoms with Gasteiger partial charge in [0.2, 0.25) is 0 Å². The van der Waals surface area contributed by atoms with Crippen LogP contribution in [0.15, 0.2) is 23.7 Å². The van der Waals surface area contributed by atoms with Gasteiger partial charge in [0.1, 0.15) is 0 Å². The first kappa shape index (κ1) is 10.8. The largest absolute Gasteiger partial charge is 0.294 e. The molecule has 0 amide bonds. The maximum atomic E-state index is 12.0.